The molecule has 0 spiro atoms. The molecule has 0 heterocycles. The fraction of sp³-hybridized carbons (Fsp3) is 0.138. The summed E-state index contributed by atoms with van der Waals surface area (Å²) in [6.45, 7) is 1.55. The van der Waals surface area contributed by atoms with Crippen molar-refractivity contribution < 1.29 is 18.9 Å². The van der Waals surface area contributed by atoms with Gasteiger partial charge in [-0.3, -0.25) is 0 Å². The fourth-order valence-electron chi connectivity index (χ4n) is 3.39. The van der Waals surface area contributed by atoms with Gasteiger partial charge in [0.15, 0.2) is 0 Å². The third-order valence-electron chi connectivity index (χ3n) is 5.11. The molecule has 0 saturated heterocycles. The molecule has 0 aromatic heterocycles. The van der Waals surface area contributed by atoms with Crippen LogP contribution in [0.25, 0.3) is 0 Å². The normalized spacial score (nSPS) is 10.6. The van der Waals surface area contributed by atoms with Gasteiger partial charge in [-0.05, 0) is 16.7 Å². The van der Waals surface area contributed by atoms with Gasteiger partial charge >= 0.3 is 0 Å². The molecule has 0 bridgehead atoms. The number of benzene rings is 4. The number of hydrogen-bond acceptors (Lipinski definition) is 4. The largest absolute Gasteiger partial charge is 0.489 e. The van der Waals surface area contributed by atoms with E-state index in [4.69, 9.17) is 18.9 Å². The Hall–Kier alpha value is -3.76. The van der Waals surface area contributed by atoms with Crippen molar-refractivity contribution in [2.24, 2.45) is 0 Å². The van der Waals surface area contributed by atoms with Crippen molar-refractivity contribution in [1.29, 1.82) is 0 Å². The summed E-state index contributed by atoms with van der Waals surface area (Å²) < 4.78 is 23.7. The van der Waals surface area contributed by atoms with Crippen LogP contribution in [0.5, 0.6) is 17.2 Å². The number of ether oxygens (including phenoxy) is 4. The van der Waals surface area contributed by atoms with E-state index in [1.54, 1.807) is 0 Å². The molecule has 0 aliphatic heterocycles. The topological polar surface area (TPSA) is 36.9 Å². The lowest BCUT2D eigenvalue weighted by Crippen LogP contribution is -2.05. The Balaban J connectivity index is 1.60. The first kappa shape index (κ1) is 22.4. The van der Waals surface area contributed by atoms with Gasteiger partial charge in [0.25, 0.3) is 0 Å². The first-order valence-electron chi connectivity index (χ1n) is 10.9. The quantitative estimate of drug-likeness (QED) is 0.260. The summed E-state index contributed by atoms with van der Waals surface area (Å²) in [5, 5.41) is 0. The molecule has 0 aliphatic rings. The second-order valence-electron chi connectivity index (χ2n) is 7.57. The molecule has 4 rings (SSSR count). The zero-order chi connectivity index (χ0) is 22.7. The van der Waals surface area contributed by atoms with Gasteiger partial charge in [0, 0.05) is 12.1 Å². The average molecular weight is 440 g/mol. The Kier molecular flexibility index (Phi) is 7.98. The van der Waals surface area contributed by atoms with E-state index >= 15 is 0 Å². The van der Waals surface area contributed by atoms with E-state index in [9.17, 15) is 0 Å². The lowest BCUT2D eigenvalue weighted by molar-refractivity contribution is 0.207. The second kappa shape index (κ2) is 11.7. The summed E-state index contributed by atoms with van der Waals surface area (Å²) in [5.41, 5.74) is 4.02. The van der Waals surface area contributed by atoms with Gasteiger partial charge in [0.1, 0.15) is 37.1 Å². The zero-order valence-corrected chi connectivity index (χ0v) is 18.5. The number of rotatable bonds is 11. The maximum atomic E-state index is 6.19. The van der Waals surface area contributed by atoms with Crippen LogP contribution in [-0.4, -0.2) is 0 Å². The molecule has 0 atom stereocenters. The molecule has 0 saturated carbocycles. The van der Waals surface area contributed by atoms with E-state index in [0.717, 1.165) is 22.3 Å². The maximum Gasteiger partial charge on any atom is 0.132 e. The van der Waals surface area contributed by atoms with Crippen molar-refractivity contribution >= 4 is 0 Å². The van der Waals surface area contributed by atoms with Crippen LogP contribution in [0.2, 0.25) is 0 Å². The Morgan fingerprint density at radius 3 is 1.27 bits per heavy atom. The highest BCUT2D eigenvalue weighted by molar-refractivity contribution is 5.50. The highest BCUT2D eigenvalue weighted by Crippen LogP contribution is 2.36. The van der Waals surface area contributed by atoms with Crippen molar-refractivity contribution in [3.63, 3.8) is 0 Å². The van der Waals surface area contributed by atoms with E-state index in [1.165, 1.54) is 0 Å². The van der Waals surface area contributed by atoms with Crippen molar-refractivity contribution in [3.05, 3.63) is 132 Å². The molecule has 167 valence electrons. The Bertz CT molecular complexity index is 1050. The molecule has 0 aliphatic carbocycles. The monoisotopic (exact) mass is 439 g/mol. The molecule has 1 radical (unpaired) electrons. The maximum absolute atomic E-state index is 6.19. The lowest BCUT2D eigenvalue weighted by atomic mass is 10.1. The van der Waals surface area contributed by atoms with Gasteiger partial charge in [0.2, 0.25) is 0 Å². The minimum atomic E-state index is 0.257. The minimum absolute atomic E-state index is 0.257. The lowest BCUT2D eigenvalue weighted by Gasteiger charge is -2.18. The molecule has 4 heteroatoms. The van der Waals surface area contributed by atoms with Crippen molar-refractivity contribution in [2.45, 2.75) is 26.4 Å². The molecule has 0 fully saturated rings. The van der Waals surface area contributed by atoms with Crippen LogP contribution >= 0.6 is 0 Å². The molecular formula is C29H27O4. The molecule has 0 amide bonds. The highest BCUT2D eigenvalue weighted by Gasteiger charge is 2.16. The predicted octanol–water partition coefficient (Wildman–Crippen LogP) is 6.73. The standard InChI is InChI=1S/C29H27O4/c1-30-22-27-28(32-20-24-13-7-3-8-14-24)17-26(31-19-23-11-5-2-6-12-23)18-29(27)33-21-25-15-9-4-10-16-25/h2-18H,1,19-22H2. The summed E-state index contributed by atoms with van der Waals surface area (Å²) in [5.74, 6) is 1.96. The third-order valence-corrected chi connectivity index (χ3v) is 5.11. The fourth-order valence-corrected chi connectivity index (χ4v) is 3.39. The van der Waals surface area contributed by atoms with Crippen molar-refractivity contribution in [2.75, 3.05) is 0 Å². The van der Waals surface area contributed by atoms with Gasteiger partial charge in [-0.25, -0.2) is 0 Å². The Morgan fingerprint density at radius 2 is 0.879 bits per heavy atom. The highest BCUT2D eigenvalue weighted by atomic mass is 16.5. The molecule has 0 N–H and O–H groups in total. The molecule has 4 aromatic carbocycles. The van der Waals surface area contributed by atoms with Crippen LogP contribution in [0.1, 0.15) is 22.3 Å². The van der Waals surface area contributed by atoms with Crippen molar-refractivity contribution in [1.82, 2.24) is 0 Å². The van der Waals surface area contributed by atoms with E-state index in [1.807, 2.05) is 103 Å². The van der Waals surface area contributed by atoms with Crippen molar-refractivity contribution in [3.8, 4) is 17.2 Å². The molecule has 4 aromatic rings. The third kappa shape index (κ3) is 6.61. The van der Waals surface area contributed by atoms with Gasteiger partial charge in [-0.15, -0.1) is 0 Å². The second-order valence-corrected chi connectivity index (χ2v) is 7.57. The molecule has 33 heavy (non-hydrogen) atoms. The summed E-state index contributed by atoms with van der Waals surface area (Å²) in [6.07, 6.45) is 0. The van der Waals surface area contributed by atoms with Crippen LogP contribution in [-0.2, 0) is 31.2 Å². The molecule has 0 unspecified atom stereocenters. The molecule has 4 nitrogen and oxygen atoms in total. The van der Waals surface area contributed by atoms with Gasteiger partial charge in [-0.1, -0.05) is 91.0 Å². The average Bonchev–Trinajstić information content (AvgIpc) is 2.88. The summed E-state index contributed by atoms with van der Waals surface area (Å²) >= 11 is 0. The minimum Gasteiger partial charge on any atom is -0.489 e. The predicted molar refractivity (Wildman–Crippen MR) is 129 cm³/mol. The van der Waals surface area contributed by atoms with Crippen LogP contribution < -0.4 is 14.2 Å². The van der Waals surface area contributed by atoms with E-state index in [0.29, 0.717) is 37.1 Å². The first-order chi connectivity index (χ1) is 16.3. The summed E-state index contributed by atoms with van der Waals surface area (Å²) in [7, 11) is 3.56. The SMILES string of the molecule is [CH2]OCc1c(OCc2ccccc2)cc(OCc2ccccc2)cc1OCc1ccccc1. The first-order valence-corrected chi connectivity index (χ1v) is 10.9. The zero-order valence-electron chi connectivity index (χ0n) is 18.5. The van der Waals surface area contributed by atoms with E-state index < -0.39 is 0 Å². The summed E-state index contributed by atoms with van der Waals surface area (Å²) in [6, 6.07) is 33.9. The molecular weight excluding hydrogens is 412 g/mol. The van der Waals surface area contributed by atoms with Gasteiger partial charge < -0.3 is 18.9 Å². The van der Waals surface area contributed by atoms with Crippen LogP contribution in [0.4, 0.5) is 0 Å². The Morgan fingerprint density at radius 1 is 0.485 bits per heavy atom. The van der Waals surface area contributed by atoms with E-state index in [-0.39, 0.29) is 6.61 Å². The number of hydrogen-bond donors (Lipinski definition) is 0. The summed E-state index contributed by atoms with van der Waals surface area (Å²) in [4.78, 5) is 0. The van der Waals surface area contributed by atoms with Gasteiger partial charge in [-0.2, -0.15) is 0 Å². The van der Waals surface area contributed by atoms with E-state index in [2.05, 4.69) is 7.11 Å². The van der Waals surface area contributed by atoms with Crippen LogP contribution in [0.15, 0.2) is 103 Å². The van der Waals surface area contributed by atoms with Gasteiger partial charge in [0.05, 0.1) is 19.3 Å². The smallest absolute Gasteiger partial charge is 0.132 e. The van der Waals surface area contributed by atoms with Crippen LogP contribution in [0, 0.1) is 7.11 Å². The van der Waals surface area contributed by atoms with Crippen LogP contribution in [0.3, 0.4) is 0 Å². The Labute approximate surface area is 195 Å².